The second-order valence-electron chi connectivity index (χ2n) is 7.03. The smallest absolute Gasteiger partial charge is 0.342 e. The number of unbranched alkanes of at least 4 members (excludes halogenated alkanes) is 1. The Balaban J connectivity index is 2.80. The monoisotopic (exact) mass is 434 g/mol. The number of phenols is 2. The number of nitrogens with zero attached hydrogens (tertiary/aromatic N) is 2. The van der Waals surface area contributed by atoms with E-state index in [9.17, 15) is 19.8 Å². The van der Waals surface area contributed by atoms with Crippen LogP contribution in [-0.4, -0.2) is 59.0 Å². The van der Waals surface area contributed by atoms with Gasteiger partial charge in [-0.05, 0) is 45.2 Å². The Labute approximate surface area is 184 Å². The van der Waals surface area contributed by atoms with Crippen LogP contribution >= 0.6 is 0 Å². The third-order valence-corrected chi connectivity index (χ3v) is 4.50. The molecule has 0 aliphatic carbocycles. The number of carbonyl (C=O) groups is 2. The minimum absolute atomic E-state index is 0.0240. The second kappa shape index (κ2) is 14.1. The number of oxime groups is 1. The van der Waals surface area contributed by atoms with Crippen LogP contribution in [0.2, 0.25) is 0 Å². The quantitative estimate of drug-likeness (QED) is 0.161. The normalized spacial score (nSPS) is 11.5. The Morgan fingerprint density at radius 2 is 1.77 bits per heavy atom. The molecule has 1 aromatic carbocycles. The SMILES string of the molecule is CCC/C=C/CCOC(=O)c1c(O)cc(O)cc1C/C(C)=N/OCC(=O)N(CC)CC. The summed E-state index contributed by atoms with van der Waals surface area (Å²) in [6, 6.07) is 2.46. The molecule has 1 amide bonds. The number of rotatable bonds is 13. The molecular weight excluding hydrogens is 400 g/mol. The van der Waals surface area contributed by atoms with Gasteiger partial charge in [-0.3, -0.25) is 4.79 Å². The van der Waals surface area contributed by atoms with Gasteiger partial charge in [-0.2, -0.15) is 0 Å². The van der Waals surface area contributed by atoms with Crippen molar-refractivity contribution in [2.45, 2.75) is 53.4 Å². The third kappa shape index (κ3) is 9.11. The number of amides is 1. The van der Waals surface area contributed by atoms with Gasteiger partial charge in [0.1, 0.15) is 17.1 Å². The van der Waals surface area contributed by atoms with Crippen molar-refractivity contribution in [1.29, 1.82) is 0 Å². The van der Waals surface area contributed by atoms with E-state index in [1.54, 1.807) is 11.8 Å². The molecule has 8 nitrogen and oxygen atoms in total. The lowest BCUT2D eigenvalue weighted by molar-refractivity contribution is -0.135. The summed E-state index contributed by atoms with van der Waals surface area (Å²) in [6.07, 6.45) is 6.70. The molecule has 0 saturated heterocycles. The number of phenolic OH excluding ortho intramolecular Hbond substituents is 2. The number of aromatic hydroxyl groups is 2. The van der Waals surface area contributed by atoms with E-state index < -0.39 is 5.97 Å². The number of esters is 1. The Morgan fingerprint density at radius 3 is 2.42 bits per heavy atom. The molecule has 31 heavy (non-hydrogen) atoms. The molecule has 1 rings (SSSR count). The van der Waals surface area contributed by atoms with E-state index in [1.165, 1.54) is 6.07 Å². The second-order valence-corrected chi connectivity index (χ2v) is 7.03. The Hall–Kier alpha value is -3.03. The van der Waals surface area contributed by atoms with Crippen LogP contribution in [0.15, 0.2) is 29.4 Å². The van der Waals surface area contributed by atoms with Crippen molar-refractivity contribution in [2.75, 3.05) is 26.3 Å². The molecule has 0 unspecified atom stereocenters. The standard InChI is InChI=1S/C23H34N2O6/c1-5-8-9-10-11-12-30-23(29)22-18(14-19(26)15-20(22)27)13-17(4)24-31-16-21(28)25(6-2)7-3/h9-10,14-15,26-27H,5-8,11-13,16H2,1-4H3/b10-9+,24-17+. The van der Waals surface area contributed by atoms with E-state index in [4.69, 9.17) is 9.57 Å². The molecular formula is C23H34N2O6. The maximum atomic E-state index is 12.5. The first-order valence-electron chi connectivity index (χ1n) is 10.6. The molecule has 8 heteroatoms. The maximum absolute atomic E-state index is 12.5. The summed E-state index contributed by atoms with van der Waals surface area (Å²) in [6.45, 7) is 8.68. The third-order valence-electron chi connectivity index (χ3n) is 4.50. The fraction of sp³-hybridized carbons (Fsp3) is 0.522. The average molecular weight is 435 g/mol. The van der Waals surface area contributed by atoms with E-state index in [0.29, 0.717) is 30.8 Å². The molecule has 0 aromatic heterocycles. The zero-order valence-electron chi connectivity index (χ0n) is 18.9. The highest BCUT2D eigenvalue weighted by molar-refractivity contribution is 5.96. The van der Waals surface area contributed by atoms with Crippen LogP contribution in [0.3, 0.4) is 0 Å². The van der Waals surface area contributed by atoms with Gasteiger partial charge in [-0.1, -0.05) is 30.7 Å². The molecule has 1 aromatic rings. The highest BCUT2D eigenvalue weighted by atomic mass is 16.6. The number of benzene rings is 1. The van der Waals surface area contributed by atoms with Crippen molar-refractivity contribution in [1.82, 2.24) is 4.90 Å². The van der Waals surface area contributed by atoms with E-state index >= 15 is 0 Å². The van der Waals surface area contributed by atoms with Gasteiger partial charge in [0.25, 0.3) is 5.91 Å². The molecule has 2 N–H and O–H groups in total. The molecule has 0 aliphatic heterocycles. The molecule has 0 heterocycles. The summed E-state index contributed by atoms with van der Waals surface area (Å²) in [5.41, 5.74) is 0.793. The van der Waals surface area contributed by atoms with E-state index in [0.717, 1.165) is 18.9 Å². The van der Waals surface area contributed by atoms with Gasteiger partial charge in [-0.25, -0.2) is 4.79 Å². The highest BCUT2D eigenvalue weighted by Crippen LogP contribution is 2.28. The minimum Gasteiger partial charge on any atom is -0.508 e. The predicted molar refractivity (Wildman–Crippen MR) is 119 cm³/mol. The first-order chi connectivity index (χ1) is 14.8. The molecule has 0 atom stereocenters. The number of ether oxygens (including phenoxy) is 1. The molecule has 0 fully saturated rings. The summed E-state index contributed by atoms with van der Waals surface area (Å²) in [4.78, 5) is 31.2. The summed E-state index contributed by atoms with van der Waals surface area (Å²) >= 11 is 0. The van der Waals surface area contributed by atoms with Crippen LogP contribution in [0.4, 0.5) is 0 Å². The Morgan fingerprint density at radius 1 is 1.10 bits per heavy atom. The van der Waals surface area contributed by atoms with Crippen LogP contribution in [0.5, 0.6) is 11.5 Å². The maximum Gasteiger partial charge on any atom is 0.342 e. The van der Waals surface area contributed by atoms with Crippen molar-refractivity contribution >= 4 is 17.6 Å². The number of carbonyl (C=O) groups excluding carboxylic acids is 2. The molecule has 0 saturated carbocycles. The van der Waals surface area contributed by atoms with Crippen molar-refractivity contribution in [3.05, 3.63) is 35.4 Å². The lowest BCUT2D eigenvalue weighted by Crippen LogP contribution is -2.33. The summed E-state index contributed by atoms with van der Waals surface area (Å²) in [5.74, 6) is -1.40. The predicted octanol–water partition coefficient (Wildman–Crippen LogP) is 3.80. The lowest BCUT2D eigenvalue weighted by atomic mass is 10.0. The van der Waals surface area contributed by atoms with Crippen LogP contribution in [-0.2, 0) is 20.8 Å². The van der Waals surface area contributed by atoms with Gasteiger partial charge < -0.3 is 24.7 Å². The number of hydrogen-bond donors (Lipinski definition) is 2. The zero-order valence-corrected chi connectivity index (χ0v) is 18.9. The highest BCUT2D eigenvalue weighted by Gasteiger charge is 2.20. The summed E-state index contributed by atoms with van der Waals surface area (Å²) in [7, 11) is 0. The fourth-order valence-electron chi connectivity index (χ4n) is 2.91. The molecule has 0 bridgehead atoms. The van der Waals surface area contributed by atoms with Crippen molar-refractivity contribution in [3.63, 3.8) is 0 Å². The first kappa shape index (κ1) is 26.0. The van der Waals surface area contributed by atoms with Gasteiger partial charge in [0.2, 0.25) is 0 Å². The number of allylic oxidation sites excluding steroid dienone is 1. The van der Waals surface area contributed by atoms with E-state index in [-0.39, 0.29) is 42.6 Å². The summed E-state index contributed by atoms with van der Waals surface area (Å²) < 4.78 is 5.26. The van der Waals surface area contributed by atoms with Crippen LogP contribution < -0.4 is 0 Å². The van der Waals surface area contributed by atoms with Crippen LogP contribution in [0, 0.1) is 0 Å². The number of hydrogen-bond acceptors (Lipinski definition) is 7. The Bertz CT molecular complexity index is 785. The van der Waals surface area contributed by atoms with Gasteiger partial charge >= 0.3 is 5.97 Å². The largest absolute Gasteiger partial charge is 0.508 e. The molecule has 0 radical (unpaired) electrons. The van der Waals surface area contributed by atoms with Crippen molar-refractivity contribution in [3.8, 4) is 11.5 Å². The van der Waals surface area contributed by atoms with Gasteiger partial charge in [0.05, 0.1) is 12.3 Å². The summed E-state index contributed by atoms with van der Waals surface area (Å²) in [5, 5.41) is 23.9. The molecule has 0 spiro atoms. The fourth-order valence-corrected chi connectivity index (χ4v) is 2.91. The minimum atomic E-state index is -0.679. The topological polar surface area (TPSA) is 109 Å². The van der Waals surface area contributed by atoms with Crippen molar-refractivity contribution < 1.29 is 29.4 Å². The average Bonchev–Trinajstić information content (AvgIpc) is 2.71. The van der Waals surface area contributed by atoms with Crippen LogP contribution in [0.25, 0.3) is 0 Å². The van der Waals surface area contributed by atoms with Gasteiger partial charge in [0, 0.05) is 25.6 Å². The first-order valence-corrected chi connectivity index (χ1v) is 10.6. The van der Waals surface area contributed by atoms with E-state index in [1.807, 2.05) is 26.0 Å². The van der Waals surface area contributed by atoms with Crippen molar-refractivity contribution in [2.24, 2.45) is 5.16 Å². The Kier molecular flexibility index (Phi) is 11.8. The van der Waals surface area contributed by atoms with Crippen LogP contribution in [0.1, 0.15) is 62.9 Å². The molecule has 0 aliphatic rings. The van der Waals surface area contributed by atoms with Gasteiger partial charge in [-0.15, -0.1) is 0 Å². The van der Waals surface area contributed by atoms with Gasteiger partial charge in [0.15, 0.2) is 6.61 Å². The zero-order chi connectivity index (χ0) is 23.2. The number of likely N-dealkylation sites (N-methyl/N-ethyl adjacent to an activating group) is 1. The van der Waals surface area contributed by atoms with E-state index in [2.05, 4.69) is 12.1 Å². The lowest BCUT2D eigenvalue weighted by Gasteiger charge is -2.17. The molecule has 172 valence electrons.